The average Bonchev–Trinajstić information content (AvgIpc) is 3.40. The highest BCUT2D eigenvalue weighted by Crippen LogP contribution is 2.31. The van der Waals surface area contributed by atoms with Gasteiger partial charge in [0, 0.05) is 7.05 Å². The Morgan fingerprint density at radius 3 is 2.66 bits per heavy atom. The lowest BCUT2D eigenvalue weighted by atomic mass is 9.87. The minimum absolute atomic E-state index is 0.0550. The van der Waals surface area contributed by atoms with E-state index in [0.717, 1.165) is 38.5 Å². The topological polar surface area (TPSA) is 132 Å². The summed E-state index contributed by atoms with van der Waals surface area (Å²) < 4.78 is 13.3. The van der Waals surface area contributed by atoms with Crippen LogP contribution >= 0.6 is 0 Å². The second-order valence-electron chi connectivity index (χ2n) is 8.67. The lowest BCUT2D eigenvalue weighted by Gasteiger charge is -2.27. The molecule has 2 saturated carbocycles. The first-order valence-corrected chi connectivity index (χ1v) is 11.3. The van der Waals surface area contributed by atoms with Crippen LogP contribution in [0.3, 0.4) is 0 Å². The van der Waals surface area contributed by atoms with Crippen molar-refractivity contribution in [1.29, 1.82) is 0 Å². The van der Waals surface area contributed by atoms with E-state index < -0.39 is 12.4 Å². The summed E-state index contributed by atoms with van der Waals surface area (Å²) in [7, 11) is 1.73. The van der Waals surface area contributed by atoms with Gasteiger partial charge in [-0.25, -0.2) is 9.67 Å². The molecule has 2 aliphatic carbocycles. The standard InChI is InChI=1S/C22H31N5O5/c1-13-18(31-16-9-5-6-14(12-16)21(28)29)11-10-17(23-13)19-20(27(2)26-25-19)24-22(30)32-15-7-3-4-8-15/h10-11,14-16,22,24,30H,3-9,12H2,1-2H3,(H,28,29)/t14-,16-,22?/m0/s1. The molecule has 4 rings (SSSR count). The number of aliphatic hydroxyl groups is 1. The molecule has 0 bridgehead atoms. The predicted molar refractivity (Wildman–Crippen MR) is 116 cm³/mol. The molecule has 10 nitrogen and oxygen atoms in total. The minimum atomic E-state index is -1.16. The first-order chi connectivity index (χ1) is 15.4. The van der Waals surface area contributed by atoms with Crippen molar-refractivity contribution < 1.29 is 24.5 Å². The van der Waals surface area contributed by atoms with Crippen LogP contribution in [0, 0.1) is 12.8 Å². The number of hydrogen-bond donors (Lipinski definition) is 3. The molecule has 2 aliphatic rings. The molecular formula is C22H31N5O5. The number of aromatic nitrogens is 4. The number of aliphatic carboxylic acids is 1. The summed E-state index contributed by atoms with van der Waals surface area (Å²) in [5, 5.41) is 30.8. The third-order valence-corrected chi connectivity index (χ3v) is 6.26. The van der Waals surface area contributed by atoms with Crippen molar-refractivity contribution in [2.24, 2.45) is 13.0 Å². The highest BCUT2D eigenvalue weighted by molar-refractivity contribution is 5.70. The third-order valence-electron chi connectivity index (χ3n) is 6.26. The Hall–Kier alpha value is -2.72. The first kappa shape index (κ1) is 22.5. The van der Waals surface area contributed by atoms with Gasteiger partial charge in [-0.2, -0.15) is 0 Å². The van der Waals surface area contributed by atoms with Crippen molar-refractivity contribution >= 4 is 11.8 Å². The Bertz CT molecular complexity index is 943. The van der Waals surface area contributed by atoms with Crippen LogP contribution in [0.1, 0.15) is 57.1 Å². The molecule has 3 N–H and O–H groups in total. The van der Waals surface area contributed by atoms with Crippen LogP contribution < -0.4 is 10.1 Å². The second-order valence-corrected chi connectivity index (χ2v) is 8.67. The van der Waals surface area contributed by atoms with E-state index in [0.29, 0.717) is 41.5 Å². The second kappa shape index (κ2) is 9.83. The normalized spacial score (nSPS) is 22.6. The van der Waals surface area contributed by atoms with Gasteiger partial charge in [-0.1, -0.05) is 18.1 Å². The number of aliphatic hydroxyl groups excluding tert-OH is 1. The van der Waals surface area contributed by atoms with Crippen LogP contribution in [0.15, 0.2) is 12.1 Å². The maximum Gasteiger partial charge on any atom is 0.306 e. The molecule has 2 fully saturated rings. The van der Waals surface area contributed by atoms with Crippen LogP contribution in [-0.2, 0) is 16.6 Å². The van der Waals surface area contributed by atoms with E-state index in [9.17, 15) is 15.0 Å². The van der Waals surface area contributed by atoms with Crippen molar-refractivity contribution in [3.63, 3.8) is 0 Å². The number of aryl methyl sites for hydroxylation is 2. The first-order valence-electron chi connectivity index (χ1n) is 11.3. The lowest BCUT2D eigenvalue weighted by molar-refractivity contribution is -0.143. The molecular weight excluding hydrogens is 414 g/mol. The van der Waals surface area contributed by atoms with Gasteiger partial charge in [0.1, 0.15) is 5.75 Å². The van der Waals surface area contributed by atoms with Gasteiger partial charge in [-0.05, 0) is 57.6 Å². The Labute approximate surface area is 186 Å². The van der Waals surface area contributed by atoms with Gasteiger partial charge in [-0.15, -0.1) is 5.10 Å². The number of nitrogens with one attached hydrogen (secondary N) is 1. The number of anilines is 1. The lowest BCUT2D eigenvalue weighted by Crippen LogP contribution is -2.29. The van der Waals surface area contributed by atoms with Crippen LogP contribution in [0.4, 0.5) is 5.82 Å². The van der Waals surface area contributed by atoms with E-state index in [2.05, 4.69) is 20.6 Å². The number of hydrogen-bond acceptors (Lipinski definition) is 8. The Balaban J connectivity index is 1.45. The van der Waals surface area contributed by atoms with E-state index >= 15 is 0 Å². The molecule has 0 amide bonds. The Morgan fingerprint density at radius 1 is 1.19 bits per heavy atom. The number of carboxylic acid groups (broad SMARTS) is 1. The molecule has 0 spiro atoms. The van der Waals surface area contributed by atoms with Crippen molar-refractivity contribution in [3.05, 3.63) is 17.8 Å². The molecule has 1 unspecified atom stereocenters. The van der Waals surface area contributed by atoms with Crippen molar-refractivity contribution in [3.8, 4) is 17.1 Å². The van der Waals surface area contributed by atoms with Crippen molar-refractivity contribution in [1.82, 2.24) is 20.0 Å². The number of ether oxygens (including phenoxy) is 2. The Kier molecular flexibility index (Phi) is 6.90. The minimum Gasteiger partial charge on any atom is -0.489 e. The highest BCUT2D eigenvalue weighted by Gasteiger charge is 2.29. The quantitative estimate of drug-likeness (QED) is 0.525. The molecule has 32 heavy (non-hydrogen) atoms. The summed E-state index contributed by atoms with van der Waals surface area (Å²) in [6.07, 6.45) is 5.78. The fraction of sp³-hybridized carbons (Fsp3) is 0.636. The van der Waals surface area contributed by atoms with Crippen LogP contribution in [0.25, 0.3) is 11.4 Å². The third kappa shape index (κ3) is 5.18. The highest BCUT2D eigenvalue weighted by atomic mass is 16.6. The van der Waals surface area contributed by atoms with Crippen LogP contribution in [0.2, 0.25) is 0 Å². The number of nitrogens with zero attached hydrogens (tertiary/aromatic N) is 4. The number of rotatable bonds is 8. The SMILES string of the molecule is Cc1nc(-c2nnn(C)c2NC(O)OC2CCCC2)ccc1O[C@H]1CCC[C@H](C(=O)O)C1. The van der Waals surface area contributed by atoms with E-state index in [-0.39, 0.29) is 18.1 Å². The number of pyridine rings is 1. The van der Waals surface area contributed by atoms with Gasteiger partial charge in [0.25, 0.3) is 0 Å². The predicted octanol–water partition coefficient (Wildman–Crippen LogP) is 2.85. The molecule has 174 valence electrons. The fourth-order valence-electron chi connectivity index (χ4n) is 4.51. The van der Waals surface area contributed by atoms with E-state index in [4.69, 9.17) is 9.47 Å². The Morgan fingerprint density at radius 2 is 1.94 bits per heavy atom. The van der Waals surface area contributed by atoms with Crippen LogP contribution in [-0.4, -0.2) is 54.8 Å². The van der Waals surface area contributed by atoms with Gasteiger partial charge in [0.15, 0.2) is 11.5 Å². The van der Waals surface area contributed by atoms with Crippen LogP contribution in [0.5, 0.6) is 5.75 Å². The summed E-state index contributed by atoms with van der Waals surface area (Å²) in [6, 6.07) is 3.62. The van der Waals surface area contributed by atoms with Gasteiger partial charge in [0.2, 0.25) is 6.41 Å². The van der Waals surface area contributed by atoms with E-state index in [1.807, 2.05) is 13.0 Å². The summed E-state index contributed by atoms with van der Waals surface area (Å²) in [6.45, 7) is 1.85. The summed E-state index contributed by atoms with van der Waals surface area (Å²) in [4.78, 5) is 15.9. The molecule has 0 radical (unpaired) electrons. The van der Waals surface area contributed by atoms with Gasteiger partial charge < -0.3 is 25.0 Å². The zero-order chi connectivity index (χ0) is 22.7. The number of carbonyl (C=O) groups is 1. The molecule has 10 heteroatoms. The fourth-order valence-corrected chi connectivity index (χ4v) is 4.51. The zero-order valence-corrected chi connectivity index (χ0v) is 18.5. The molecule has 0 aliphatic heterocycles. The zero-order valence-electron chi connectivity index (χ0n) is 18.5. The smallest absolute Gasteiger partial charge is 0.306 e. The largest absolute Gasteiger partial charge is 0.489 e. The molecule has 3 atom stereocenters. The van der Waals surface area contributed by atoms with Gasteiger partial charge >= 0.3 is 5.97 Å². The molecule has 2 aromatic heterocycles. The monoisotopic (exact) mass is 445 g/mol. The average molecular weight is 446 g/mol. The van der Waals surface area contributed by atoms with E-state index in [1.54, 1.807) is 13.1 Å². The summed E-state index contributed by atoms with van der Waals surface area (Å²) in [5.41, 5.74) is 1.77. The van der Waals surface area contributed by atoms with E-state index in [1.165, 1.54) is 4.68 Å². The number of carboxylic acids is 1. The molecule has 0 aromatic carbocycles. The van der Waals surface area contributed by atoms with Gasteiger partial charge in [-0.3, -0.25) is 4.79 Å². The molecule has 2 heterocycles. The maximum atomic E-state index is 11.3. The molecule has 2 aromatic rings. The summed E-state index contributed by atoms with van der Waals surface area (Å²) in [5.74, 6) is 0.0260. The van der Waals surface area contributed by atoms with Gasteiger partial charge in [0.05, 0.1) is 29.5 Å². The van der Waals surface area contributed by atoms with Crippen molar-refractivity contribution in [2.75, 3.05) is 5.32 Å². The molecule has 0 saturated heterocycles. The maximum absolute atomic E-state index is 11.3. The summed E-state index contributed by atoms with van der Waals surface area (Å²) >= 11 is 0. The van der Waals surface area contributed by atoms with Crippen molar-refractivity contribution in [2.45, 2.75) is 76.9 Å².